The van der Waals surface area contributed by atoms with Crippen LogP contribution in [0.4, 0.5) is 13.2 Å². The summed E-state index contributed by atoms with van der Waals surface area (Å²) < 4.78 is 38.5. The Morgan fingerprint density at radius 3 is 2.60 bits per heavy atom. The number of pyridine rings is 1. The van der Waals surface area contributed by atoms with Crippen molar-refractivity contribution >= 4 is 22.8 Å². The molecule has 1 heterocycles. The van der Waals surface area contributed by atoms with Gasteiger partial charge in [0.05, 0.1) is 22.8 Å². The lowest BCUT2D eigenvalue weighted by molar-refractivity contribution is -0.0936. The quantitative estimate of drug-likeness (QED) is 0.806. The number of fused-ring (bicyclic) bond motifs is 2. The fourth-order valence-corrected chi connectivity index (χ4v) is 2.24. The Balaban J connectivity index is 2.28. The molecular weight excluding hydrogens is 269 g/mol. The molecule has 1 aliphatic rings. The lowest BCUT2D eigenvalue weighted by atomic mass is 9.89. The Morgan fingerprint density at radius 1 is 1.20 bits per heavy atom. The van der Waals surface area contributed by atoms with Crippen LogP contribution in [0.3, 0.4) is 0 Å². The van der Waals surface area contributed by atoms with Gasteiger partial charge in [0.1, 0.15) is 0 Å². The Kier molecular flexibility index (Phi) is 2.65. The molecule has 3 rings (SSSR count). The number of hydrogen-bond acceptors (Lipinski definition) is 3. The molecule has 3 nitrogen and oxygen atoms in total. The van der Waals surface area contributed by atoms with Crippen LogP contribution < -0.4 is 5.73 Å². The molecular formula is C14H9F3N2O. The minimum Gasteiger partial charge on any atom is -0.317 e. The molecule has 0 saturated heterocycles. The maximum atomic E-state index is 12.8. The Hall–Kier alpha value is -2.21. The Labute approximate surface area is 111 Å². The summed E-state index contributed by atoms with van der Waals surface area (Å²) in [5.74, 6) is -0.756. The lowest BCUT2D eigenvalue weighted by Crippen LogP contribution is -2.40. The molecule has 1 aromatic heterocycles. The van der Waals surface area contributed by atoms with Gasteiger partial charge in [-0.2, -0.15) is 13.2 Å². The molecule has 0 amide bonds. The van der Waals surface area contributed by atoms with Crippen molar-refractivity contribution in [2.45, 2.75) is 12.2 Å². The van der Waals surface area contributed by atoms with Crippen molar-refractivity contribution in [3.05, 3.63) is 47.2 Å². The summed E-state index contributed by atoms with van der Waals surface area (Å²) in [6, 6.07) is 6.75. The molecule has 0 saturated carbocycles. The van der Waals surface area contributed by atoms with E-state index < -0.39 is 23.6 Å². The molecule has 0 aliphatic heterocycles. The van der Waals surface area contributed by atoms with E-state index in [1.54, 1.807) is 24.3 Å². The molecule has 0 radical (unpaired) electrons. The molecule has 2 N–H and O–H groups in total. The smallest absolute Gasteiger partial charge is 0.317 e. The number of rotatable bonds is 0. The molecule has 0 spiro atoms. The van der Waals surface area contributed by atoms with E-state index in [4.69, 9.17) is 5.73 Å². The number of ketones is 1. The first-order valence-electron chi connectivity index (χ1n) is 5.86. The van der Waals surface area contributed by atoms with Crippen LogP contribution in [0.15, 0.2) is 35.9 Å². The van der Waals surface area contributed by atoms with E-state index in [0.29, 0.717) is 10.9 Å². The van der Waals surface area contributed by atoms with Gasteiger partial charge in [-0.3, -0.25) is 4.79 Å². The van der Waals surface area contributed by atoms with E-state index >= 15 is 0 Å². The van der Waals surface area contributed by atoms with Crippen LogP contribution in [0.5, 0.6) is 0 Å². The van der Waals surface area contributed by atoms with Crippen LogP contribution in [-0.2, 0) is 0 Å². The average molecular weight is 278 g/mol. The monoisotopic (exact) mass is 278 g/mol. The van der Waals surface area contributed by atoms with Crippen molar-refractivity contribution < 1.29 is 18.0 Å². The molecule has 102 valence electrons. The molecule has 20 heavy (non-hydrogen) atoms. The van der Waals surface area contributed by atoms with Crippen LogP contribution in [0.25, 0.3) is 17.0 Å². The summed E-state index contributed by atoms with van der Waals surface area (Å²) >= 11 is 0. The van der Waals surface area contributed by atoms with Crippen molar-refractivity contribution in [2.24, 2.45) is 5.73 Å². The highest BCUT2D eigenvalue weighted by atomic mass is 19.4. The zero-order valence-electron chi connectivity index (χ0n) is 10.1. The van der Waals surface area contributed by atoms with E-state index in [2.05, 4.69) is 4.98 Å². The van der Waals surface area contributed by atoms with E-state index in [1.165, 1.54) is 6.07 Å². The fourth-order valence-electron chi connectivity index (χ4n) is 2.24. The zero-order valence-corrected chi connectivity index (χ0v) is 10.1. The number of nitrogens with two attached hydrogens (primary N) is 1. The van der Waals surface area contributed by atoms with E-state index in [0.717, 1.165) is 6.08 Å². The van der Waals surface area contributed by atoms with Gasteiger partial charge in [-0.05, 0) is 18.2 Å². The second-order valence-corrected chi connectivity index (χ2v) is 4.55. The molecule has 1 aromatic carbocycles. The summed E-state index contributed by atoms with van der Waals surface area (Å²) in [6.07, 6.45) is -3.78. The molecule has 0 fully saturated rings. The van der Waals surface area contributed by atoms with Gasteiger partial charge in [-0.1, -0.05) is 18.2 Å². The minimum absolute atomic E-state index is 0.0164. The number of nitrogens with zero attached hydrogens (tertiary/aromatic N) is 1. The number of halogens is 3. The topological polar surface area (TPSA) is 56.0 Å². The molecule has 6 heteroatoms. The fraction of sp³-hybridized carbons (Fsp3) is 0.143. The van der Waals surface area contributed by atoms with Gasteiger partial charge < -0.3 is 5.73 Å². The second-order valence-electron chi connectivity index (χ2n) is 4.55. The highest BCUT2D eigenvalue weighted by Gasteiger charge is 2.43. The van der Waals surface area contributed by atoms with Crippen molar-refractivity contribution in [1.29, 1.82) is 0 Å². The third-order valence-electron chi connectivity index (χ3n) is 3.26. The number of carbonyl (C=O) groups excluding carboxylic acids is 1. The minimum atomic E-state index is -4.64. The first-order chi connectivity index (χ1) is 9.38. The summed E-state index contributed by atoms with van der Waals surface area (Å²) in [5.41, 5.74) is 5.02. The molecule has 2 aromatic rings. The highest BCUT2D eigenvalue weighted by Crippen LogP contribution is 2.34. The standard InChI is InChI=1S/C14H9F3N2O/c15-14(16,17)9-6-11-8(13(20)12(9)18)5-7-3-1-2-4-10(7)19-11/h1-6,12H,18H2. The Bertz CT molecular complexity index is 750. The van der Waals surface area contributed by atoms with Gasteiger partial charge in [-0.15, -0.1) is 0 Å². The van der Waals surface area contributed by atoms with Gasteiger partial charge in [0.25, 0.3) is 0 Å². The van der Waals surface area contributed by atoms with Gasteiger partial charge in [0.15, 0.2) is 5.78 Å². The molecule has 1 unspecified atom stereocenters. The molecule has 1 aliphatic carbocycles. The summed E-state index contributed by atoms with van der Waals surface area (Å²) in [5, 5.41) is 0.690. The van der Waals surface area contributed by atoms with Crippen LogP contribution in [0.2, 0.25) is 0 Å². The van der Waals surface area contributed by atoms with Gasteiger partial charge in [0, 0.05) is 10.9 Å². The summed E-state index contributed by atoms with van der Waals surface area (Å²) in [6.45, 7) is 0. The van der Waals surface area contributed by atoms with Gasteiger partial charge in [-0.25, -0.2) is 4.98 Å². The molecule has 0 bridgehead atoms. The third-order valence-corrected chi connectivity index (χ3v) is 3.26. The molecule has 1 atom stereocenters. The third kappa shape index (κ3) is 1.89. The largest absolute Gasteiger partial charge is 0.414 e. The predicted molar refractivity (Wildman–Crippen MR) is 68.1 cm³/mol. The summed E-state index contributed by atoms with van der Waals surface area (Å²) in [4.78, 5) is 16.1. The maximum absolute atomic E-state index is 12.8. The highest BCUT2D eigenvalue weighted by molar-refractivity contribution is 6.09. The maximum Gasteiger partial charge on any atom is 0.414 e. The zero-order chi connectivity index (χ0) is 14.5. The van der Waals surface area contributed by atoms with Crippen LogP contribution in [0, 0.1) is 0 Å². The van der Waals surface area contributed by atoms with Crippen molar-refractivity contribution in [2.75, 3.05) is 0 Å². The van der Waals surface area contributed by atoms with Crippen molar-refractivity contribution in [1.82, 2.24) is 4.98 Å². The number of benzene rings is 1. The number of alkyl halides is 3. The lowest BCUT2D eigenvalue weighted by Gasteiger charge is -2.23. The van der Waals surface area contributed by atoms with Crippen LogP contribution >= 0.6 is 0 Å². The van der Waals surface area contributed by atoms with E-state index in [1.807, 2.05) is 0 Å². The Morgan fingerprint density at radius 2 is 1.90 bits per heavy atom. The van der Waals surface area contributed by atoms with Gasteiger partial charge >= 0.3 is 6.18 Å². The van der Waals surface area contributed by atoms with Crippen LogP contribution in [-0.4, -0.2) is 23.0 Å². The van der Waals surface area contributed by atoms with E-state index in [-0.39, 0.29) is 11.3 Å². The van der Waals surface area contributed by atoms with E-state index in [9.17, 15) is 18.0 Å². The normalized spacial score (nSPS) is 18.9. The SMILES string of the molecule is NC1C(=O)c2cc3ccccc3nc2C=C1C(F)(F)F. The number of aromatic nitrogens is 1. The predicted octanol–water partition coefficient (Wildman–Crippen LogP) is 2.70. The summed E-state index contributed by atoms with van der Waals surface area (Å²) in [7, 11) is 0. The number of hydrogen-bond donors (Lipinski definition) is 1. The number of para-hydroxylation sites is 1. The van der Waals surface area contributed by atoms with Crippen molar-refractivity contribution in [3.8, 4) is 0 Å². The first-order valence-corrected chi connectivity index (χ1v) is 5.86. The number of Topliss-reactive ketones (excluding diaryl/α,β-unsaturated/α-hetero) is 1. The first kappa shape index (κ1) is 12.8. The van der Waals surface area contributed by atoms with Crippen LogP contribution in [0.1, 0.15) is 16.1 Å². The van der Waals surface area contributed by atoms with Crippen molar-refractivity contribution in [3.63, 3.8) is 0 Å². The van der Waals surface area contributed by atoms with Gasteiger partial charge in [0.2, 0.25) is 0 Å². The number of carbonyl (C=O) groups is 1. The average Bonchev–Trinajstić information content (AvgIpc) is 2.40. The second kappa shape index (κ2) is 4.14.